The normalized spacial score (nSPS) is 31.5. The second kappa shape index (κ2) is 5.96. The maximum atomic E-state index is 12.4. The third kappa shape index (κ3) is 2.99. The van der Waals surface area contributed by atoms with Crippen LogP contribution in [0.15, 0.2) is 24.3 Å². The van der Waals surface area contributed by atoms with Crippen molar-refractivity contribution in [1.29, 1.82) is 0 Å². The lowest BCUT2D eigenvalue weighted by Crippen LogP contribution is -2.51. The highest BCUT2D eigenvalue weighted by atomic mass is 16.6. The van der Waals surface area contributed by atoms with E-state index in [1.54, 1.807) is 0 Å². The van der Waals surface area contributed by atoms with Crippen LogP contribution in [0.3, 0.4) is 0 Å². The third-order valence-electron chi connectivity index (χ3n) is 4.84. The van der Waals surface area contributed by atoms with Gasteiger partial charge in [0, 0.05) is 6.04 Å². The number of nitrogens with one attached hydrogen (secondary N) is 1. The minimum absolute atomic E-state index is 0.0598. The quantitative estimate of drug-likeness (QED) is 0.910. The van der Waals surface area contributed by atoms with Crippen LogP contribution in [-0.4, -0.2) is 24.7 Å². The van der Waals surface area contributed by atoms with Crippen molar-refractivity contribution < 1.29 is 14.3 Å². The van der Waals surface area contributed by atoms with Gasteiger partial charge in [-0.25, -0.2) is 0 Å². The number of amides is 1. The molecule has 0 aromatic heterocycles. The van der Waals surface area contributed by atoms with Crippen LogP contribution in [0.1, 0.15) is 33.1 Å². The molecule has 1 N–H and O–H groups in total. The number of ether oxygens (including phenoxy) is 2. The molecule has 1 heterocycles. The Labute approximate surface area is 125 Å². The van der Waals surface area contributed by atoms with E-state index >= 15 is 0 Å². The molecule has 1 fully saturated rings. The second-order valence-corrected chi connectivity index (χ2v) is 6.25. The molecular formula is C17H23NO3. The van der Waals surface area contributed by atoms with Gasteiger partial charge in [0.1, 0.15) is 6.61 Å². The molecule has 1 aliphatic carbocycles. The number of hydrogen-bond donors (Lipinski definition) is 1. The van der Waals surface area contributed by atoms with E-state index in [4.69, 9.17) is 9.47 Å². The Bertz CT molecular complexity index is 517. The van der Waals surface area contributed by atoms with Gasteiger partial charge in [0.25, 0.3) is 5.91 Å². The van der Waals surface area contributed by atoms with E-state index in [1.165, 1.54) is 12.8 Å². The Balaban J connectivity index is 1.62. The summed E-state index contributed by atoms with van der Waals surface area (Å²) in [7, 11) is 0. The molecular weight excluding hydrogens is 266 g/mol. The van der Waals surface area contributed by atoms with E-state index in [0.29, 0.717) is 23.3 Å². The topological polar surface area (TPSA) is 47.6 Å². The summed E-state index contributed by atoms with van der Waals surface area (Å²) in [5.74, 6) is 2.47. The Hall–Kier alpha value is -1.71. The van der Waals surface area contributed by atoms with E-state index in [9.17, 15) is 4.79 Å². The average molecular weight is 289 g/mol. The smallest absolute Gasteiger partial charge is 0.264 e. The number of fused-ring (bicyclic) bond motifs is 1. The van der Waals surface area contributed by atoms with Crippen molar-refractivity contribution in [3.63, 3.8) is 0 Å². The van der Waals surface area contributed by atoms with E-state index < -0.39 is 6.10 Å². The van der Waals surface area contributed by atoms with Crippen LogP contribution in [0.4, 0.5) is 0 Å². The van der Waals surface area contributed by atoms with Gasteiger partial charge < -0.3 is 14.8 Å². The molecule has 114 valence electrons. The molecule has 1 amide bonds. The lowest BCUT2D eigenvalue weighted by molar-refractivity contribution is -0.131. The van der Waals surface area contributed by atoms with Gasteiger partial charge in [-0.15, -0.1) is 0 Å². The van der Waals surface area contributed by atoms with Crippen LogP contribution in [0.25, 0.3) is 0 Å². The zero-order valence-corrected chi connectivity index (χ0v) is 12.7. The Morgan fingerprint density at radius 2 is 1.95 bits per heavy atom. The first-order valence-corrected chi connectivity index (χ1v) is 7.84. The van der Waals surface area contributed by atoms with E-state index in [2.05, 4.69) is 19.2 Å². The fourth-order valence-corrected chi connectivity index (χ4v) is 3.21. The van der Waals surface area contributed by atoms with Gasteiger partial charge in [0.15, 0.2) is 11.5 Å². The summed E-state index contributed by atoms with van der Waals surface area (Å²) in [6.07, 6.45) is 2.94. The first kappa shape index (κ1) is 14.2. The van der Waals surface area contributed by atoms with Crippen LogP contribution in [0.5, 0.6) is 11.5 Å². The largest absolute Gasteiger partial charge is 0.485 e. The first-order chi connectivity index (χ1) is 10.1. The summed E-state index contributed by atoms with van der Waals surface area (Å²) >= 11 is 0. The molecule has 21 heavy (non-hydrogen) atoms. The van der Waals surface area contributed by atoms with E-state index in [0.717, 1.165) is 6.42 Å². The lowest BCUT2D eigenvalue weighted by atomic mass is 9.78. The van der Waals surface area contributed by atoms with Gasteiger partial charge in [-0.1, -0.05) is 38.8 Å². The number of carbonyl (C=O) groups is 1. The van der Waals surface area contributed by atoms with Gasteiger partial charge in [-0.05, 0) is 30.4 Å². The maximum Gasteiger partial charge on any atom is 0.264 e. The molecule has 0 saturated heterocycles. The number of carbonyl (C=O) groups excluding carboxylic acids is 1. The van der Waals surface area contributed by atoms with Crippen LogP contribution in [-0.2, 0) is 4.79 Å². The summed E-state index contributed by atoms with van der Waals surface area (Å²) in [5.41, 5.74) is 0. The second-order valence-electron chi connectivity index (χ2n) is 6.25. The average Bonchev–Trinajstić information content (AvgIpc) is 2.51. The predicted octanol–water partition coefficient (Wildman–Crippen LogP) is 2.77. The van der Waals surface area contributed by atoms with E-state index in [1.807, 2.05) is 24.3 Å². The fourth-order valence-electron chi connectivity index (χ4n) is 3.21. The van der Waals surface area contributed by atoms with Crippen LogP contribution in [0.2, 0.25) is 0 Å². The highest BCUT2D eigenvalue weighted by Crippen LogP contribution is 2.32. The fraction of sp³-hybridized carbons (Fsp3) is 0.588. The molecule has 0 spiro atoms. The molecule has 1 aliphatic heterocycles. The Morgan fingerprint density at radius 3 is 2.76 bits per heavy atom. The van der Waals surface area contributed by atoms with Crippen molar-refractivity contribution in [1.82, 2.24) is 5.32 Å². The van der Waals surface area contributed by atoms with E-state index in [-0.39, 0.29) is 18.6 Å². The van der Waals surface area contributed by atoms with Crippen molar-refractivity contribution in [2.75, 3.05) is 6.61 Å². The van der Waals surface area contributed by atoms with Crippen LogP contribution < -0.4 is 14.8 Å². The summed E-state index contributed by atoms with van der Waals surface area (Å²) < 4.78 is 11.4. The van der Waals surface area contributed by atoms with Crippen molar-refractivity contribution in [3.05, 3.63) is 24.3 Å². The molecule has 4 atom stereocenters. The summed E-state index contributed by atoms with van der Waals surface area (Å²) in [5, 5.41) is 3.16. The number of benzene rings is 1. The molecule has 0 unspecified atom stereocenters. The van der Waals surface area contributed by atoms with Crippen LogP contribution >= 0.6 is 0 Å². The molecule has 4 nitrogen and oxygen atoms in total. The molecule has 4 heteroatoms. The molecule has 0 radical (unpaired) electrons. The Kier molecular flexibility index (Phi) is 4.04. The van der Waals surface area contributed by atoms with Crippen molar-refractivity contribution in [3.8, 4) is 11.5 Å². The first-order valence-electron chi connectivity index (χ1n) is 7.84. The van der Waals surface area contributed by atoms with Gasteiger partial charge >= 0.3 is 0 Å². The van der Waals surface area contributed by atoms with Crippen molar-refractivity contribution in [2.24, 2.45) is 11.8 Å². The maximum absolute atomic E-state index is 12.4. The minimum atomic E-state index is -0.552. The standard InChI is InChI=1S/C17H23NO3/c1-11-6-5-7-13(12(11)2)18-17(19)16-10-20-14-8-3-4-9-15(14)21-16/h3-4,8-9,11-13,16H,5-7,10H2,1-2H3,(H,18,19)/t11-,12-,13+,16-/m1/s1. The van der Waals surface area contributed by atoms with Crippen molar-refractivity contribution >= 4 is 5.91 Å². The highest BCUT2D eigenvalue weighted by molar-refractivity contribution is 5.82. The van der Waals surface area contributed by atoms with Gasteiger partial charge in [0.2, 0.25) is 6.10 Å². The zero-order chi connectivity index (χ0) is 14.8. The molecule has 3 rings (SSSR count). The number of para-hydroxylation sites is 2. The summed E-state index contributed by atoms with van der Waals surface area (Å²) in [4.78, 5) is 12.4. The number of hydrogen-bond acceptors (Lipinski definition) is 3. The van der Waals surface area contributed by atoms with Crippen LogP contribution in [0, 0.1) is 11.8 Å². The number of rotatable bonds is 2. The molecule has 1 saturated carbocycles. The Morgan fingerprint density at radius 1 is 1.19 bits per heavy atom. The molecule has 1 aromatic rings. The molecule has 0 bridgehead atoms. The predicted molar refractivity (Wildman–Crippen MR) is 80.5 cm³/mol. The monoisotopic (exact) mass is 289 g/mol. The zero-order valence-electron chi connectivity index (χ0n) is 12.7. The van der Waals surface area contributed by atoms with Gasteiger partial charge in [-0.2, -0.15) is 0 Å². The molecule has 1 aromatic carbocycles. The SMILES string of the molecule is C[C@@H]1[C@H](C)CCC[C@@H]1NC(=O)[C@H]1COc2ccccc2O1. The van der Waals surface area contributed by atoms with Gasteiger partial charge in [0.05, 0.1) is 0 Å². The van der Waals surface area contributed by atoms with Crippen molar-refractivity contribution in [2.45, 2.75) is 45.3 Å². The molecule has 2 aliphatic rings. The minimum Gasteiger partial charge on any atom is -0.485 e. The highest BCUT2D eigenvalue weighted by Gasteiger charge is 2.32. The third-order valence-corrected chi connectivity index (χ3v) is 4.84. The summed E-state index contributed by atoms with van der Waals surface area (Å²) in [6, 6.07) is 7.72. The van der Waals surface area contributed by atoms with Gasteiger partial charge in [-0.3, -0.25) is 4.79 Å². The summed E-state index contributed by atoms with van der Waals surface area (Å²) in [6.45, 7) is 4.77. The lowest BCUT2D eigenvalue weighted by Gasteiger charge is -2.35.